The molecule has 1 aromatic carbocycles. The molecule has 2 N–H and O–H groups in total. The molecule has 0 radical (unpaired) electrons. The van der Waals surface area contributed by atoms with E-state index in [4.69, 9.17) is 15.2 Å². The van der Waals surface area contributed by atoms with Gasteiger partial charge in [0.2, 0.25) is 0 Å². The molecule has 0 unspecified atom stereocenters. The Balaban J connectivity index is 2.03. The highest BCUT2D eigenvalue weighted by Gasteiger charge is 2.37. The summed E-state index contributed by atoms with van der Waals surface area (Å²) in [4.78, 5) is 0. The molecule has 0 saturated carbocycles. The molecule has 1 heterocycles. The molecule has 0 atom stereocenters. The standard InChI is InChI=1S/C12H17NO2/c1-14-11-4-2-10(3-5-11)6-12(7-13)8-15-9-12/h2-5H,6-9,13H2,1H3. The molecule has 0 spiro atoms. The van der Waals surface area contributed by atoms with Gasteiger partial charge in [-0.3, -0.25) is 0 Å². The van der Waals surface area contributed by atoms with Crippen molar-refractivity contribution in [3.05, 3.63) is 29.8 Å². The molecular formula is C12H17NO2. The third kappa shape index (κ3) is 2.13. The Morgan fingerprint density at radius 2 is 2.00 bits per heavy atom. The van der Waals surface area contributed by atoms with E-state index in [1.54, 1.807) is 7.11 Å². The Kier molecular flexibility index (Phi) is 2.93. The second-order valence-corrected chi connectivity index (χ2v) is 4.22. The van der Waals surface area contributed by atoms with E-state index in [2.05, 4.69) is 12.1 Å². The highest BCUT2D eigenvalue weighted by Crippen LogP contribution is 2.30. The summed E-state index contributed by atoms with van der Waals surface area (Å²) in [5.74, 6) is 0.894. The van der Waals surface area contributed by atoms with Crippen LogP contribution in [0.15, 0.2) is 24.3 Å². The van der Waals surface area contributed by atoms with Crippen molar-refractivity contribution in [3.63, 3.8) is 0 Å². The molecule has 1 aliphatic rings. The van der Waals surface area contributed by atoms with Crippen molar-refractivity contribution in [1.29, 1.82) is 0 Å². The SMILES string of the molecule is COc1ccc(CC2(CN)COC2)cc1. The molecule has 0 bridgehead atoms. The molecule has 0 amide bonds. The van der Waals surface area contributed by atoms with Crippen LogP contribution in [0.3, 0.4) is 0 Å². The quantitative estimate of drug-likeness (QED) is 0.807. The lowest BCUT2D eigenvalue weighted by molar-refractivity contribution is -0.106. The van der Waals surface area contributed by atoms with E-state index in [9.17, 15) is 0 Å². The van der Waals surface area contributed by atoms with E-state index >= 15 is 0 Å². The third-order valence-corrected chi connectivity index (χ3v) is 2.99. The van der Waals surface area contributed by atoms with Crippen molar-refractivity contribution < 1.29 is 9.47 Å². The molecule has 3 nitrogen and oxygen atoms in total. The van der Waals surface area contributed by atoms with Crippen molar-refractivity contribution >= 4 is 0 Å². The van der Waals surface area contributed by atoms with E-state index in [1.807, 2.05) is 12.1 Å². The largest absolute Gasteiger partial charge is 0.497 e. The number of hydrogen-bond donors (Lipinski definition) is 1. The average molecular weight is 207 g/mol. The number of benzene rings is 1. The topological polar surface area (TPSA) is 44.5 Å². The van der Waals surface area contributed by atoms with Gasteiger partial charge < -0.3 is 15.2 Å². The summed E-state index contributed by atoms with van der Waals surface area (Å²) in [7, 11) is 1.68. The van der Waals surface area contributed by atoms with Crippen LogP contribution in [-0.2, 0) is 11.2 Å². The molecule has 2 rings (SSSR count). The van der Waals surface area contributed by atoms with Gasteiger partial charge in [0.15, 0.2) is 0 Å². The van der Waals surface area contributed by atoms with Crippen LogP contribution >= 0.6 is 0 Å². The molecule has 1 fully saturated rings. The van der Waals surface area contributed by atoms with Crippen molar-refractivity contribution in [1.82, 2.24) is 0 Å². The summed E-state index contributed by atoms with van der Waals surface area (Å²) in [5.41, 5.74) is 7.24. The number of ether oxygens (including phenoxy) is 2. The lowest BCUT2D eigenvalue weighted by Crippen LogP contribution is -2.49. The second kappa shape index (κ2) is 4.21. The first-order valence-electron chi connectivity index (χ1n) is 5.19. The van der Waals surface area contributed by atoms with E-state index in [-0.39, 0.29) is 5.41 Å². The highest BCUT2D eigenvalue weighted by molar-refractivity contribution is 5.28. The summed E-state index contributed by atoms with van der Waals surface area (Å²) in [5, 5.41) is 0. The summed E-state index contributed by atoms with van der Waals surface area (Å²) in [6.07, 6.45) is 0.994. The van der Waals surface area contributed by atoms with Crippen molar-refractivity contribution in [2.24, 2.45) is 11.1 Å². The van der Waals surface area contributed by atoms with Crippen LogP contribution in [0.1, 0.15) is 5.56 Å². The molecule has 0 aromatic heterocycles. The summed E-state index contributed by atoms with van der Waals surface area (Å²) in [6.45, 7) is 2.27. The van der Waals surface area contributed by atoms with Crippen LogP contribution in [0.5, 0.6) is 5.75 Å². The Morgan fingerprint density at radius 1 is 1.33 bits per heavy atom. The first-order chi connectivity index (χ1) is 7.28. The summed E-state index contributed by atoms with van der Waals surface area (Å²) < 4.78 is 10.4. The molecular weight excluding hydrogens is 190 g/mol. The van der Waals surface area contributed by atoms with Gasteiger partial charge in [-0.25, -0.2) is 0 Å². The van der Waals surface area contributed by atoms with Crippen molar-refractivity contribution in [2.75, 3.05) is 26.9 Å². The van der Waals surface area contributed by atoms with Gasteiger partial charge in [0.1, 0.15) is 5.75 Å². The van der Waals surface area contributed by atoms with Gasteiger partial charge in [0.25, 0.3) is 0 Å². The molecule has 3 heteroatoms. The molecule has 1 saturated heterocycles. The molecule has 1 aliphatic heterocycles. The van der Waals surface area contributed by atoms with Gasteiger partial charge in [0.05, 0.1) is 20.3 Å². The van der Waals surface area contributed by atoms with Crippen LogP contribution in [0.4, 0.5) is 0 Å². The monoisotopic (exact) mass is 207 g/mol. The number of rotatable bonds is 4. The van der Waals surface area contributed by atoms with E-state index in [1.165, 1.54) is 5.56 Å². The van der Waals surface area contributed by atoms with Crippen LogP contribution in [0, 0.1) is 5.41 Å². The highest BCUT2D eigenvalue weighted by atomic mass is 16.5. The predicted octanol–water partition coefficient (Wildman–Crippen LogP) is 1.21. The molecule has 0 aliphatic carbocycles. The van der Waals surface area contributed by atoms with Crippen LogP contribution in [0.2, 0.25) is 0 Å². The van der Waals surface area contributed by atoms with Gasteiger partial charge in [-0.2, -0.15) is 0 Å². The first kappa shape index (κ1) is 10.5. The first-order valence-corrected chi connectivity index (χ1v) is 5.19. The van der Waals surface area contributed by atoms with Crippen molar-refractivity contribution in [2.45, 2.75) is 6.42 Å². The van der Waals surface area contributed by atoms with Crippen LogP contribution < -0.4 is 10.5 Å². The zero-order valence-corrected chi connectivity index (χ0v) is 9.03. The van der Waals surface area contributed by atoms with Gasteiger partial charge in [-0.15, -0.1) is 0 Å². The zero-order valence-electron chi connectivity index (χ0n) is 9.03. The van der Waals surface area contributed by atoms with Gasteiger partial charge >= 0.3 is 0 Å². The molecule has 15 heavy (non-hydrogen) atoms. The average Bonchev–Trinajstić information content (AvgIpc) is 2.24. The summed E-state index contributed by atoms with van der Waals surface area (Å²) in [6, 6.07) is 8.15. The van der Waals surface area contributed by atoms with E-state index in [0.717, 1.165) is 25.4 Å². The maximum absolute atomic E-state index is 5.77. The minimum atomic E-state index is 0.175. The van der Waals surface area contributed by atoms with Gasteiger partial charge in [-0.1, -0.05) is 12.1 Å². The number of nitrogens with two attached hydrogens (primary N) is 1. The lowest BCUT2D eigenvalue weighted by Gasteiger charge is -2.40. The minimum Gasteiger partial charge on any atom is -0.497 e. The van der Waals surface area contributed by atoms with Gasteiger partial charge in [0, 0.05) is 12.0 Å². The Bertz CT molecular complexity index is 311. The second-order valence-electron chi connectivity index (χ2n) is 4.22. The van der Waals surface area contributed by atoms with E-state index < -0.39 is 0 Å². The van der Waals surface area contributed by atoms with Crippen LogP contribution in [0.25, 0.3) is 0 Å². The fourth-order valence-corrected chi connectivity index (χ4v) is 1.86. The Hall–Kier alpha value is -1.06. The summed E-state index contributed by atoms with van der Waals surface area (Å²) >= 11 is 0. The molecule has 1 aromatic rings. The van der Waals surface area contributed by atoms with Crippen LogP contribution in [-0.4, -0.2) is 26.9 Å². The van der Waals surface area contributed by atoms with Crippen molar-refractivity contribution in [3.8, 4) is 5.75 Å². The number of hydrogen-bond acceptors (Lipinski definition) is 3. The normalized spacial score (nSPS) is 18.3. The number of methoxy groups -OCH3 is 1. The van der Waals surface area contributed by atoms with E-state index in [0.29, 0.717) is 6.54 Å². The Labute approximate surface area is 90.2 Å². The smallest absolute Gasteiger partial charge is 0.118 e. The lowest BCUT2D eigenvalue weighted by atomic mass is 9.80. The van der Waals surface area contributed by atoms with Gasteiger partial charge in [-0.05, 0) is 24.1 Å². The Morgan fingerprint density at radius 3 is 2.40 bits per heavy atom. The maximum Gasteiger partial charge on any atom is 0.118 e. The predicted molar refractivity (Wildman–Crippen MR) is 59.0 cm³/mol. The third-order valence-electron chi connectivity index (χ3n) is 2.99. The minimum absolute atomic E-state index is 0.175. The molecule has 82 valence electrons. The zero-order chi connectivity index (χ0) is 10.7. The fraction of sp³-hybridized carbons (Fsp3) is 0.500. The maximum atomic E-state index is 5.77. The fourth-order valence-electron chi connectivity index (χ4n) is 1.86.